The van der Waals surface area contributed by atoms with Gasteiger partial charge < -0.3 is 15.5 Å². The van der Waals surface area contributed by atoms with E-state index in [-0.39, 0.29) is 30.3 Å². The Labute approximate surface area is 142 Å². The summed E-state index contributed by atoms with van der Waals surface area (Å²) in [5.74, 6) is 1.12. The minimum Gasteiger partial charge on any atom is -0.345 e. The first-order valence-electron chi connectivity index (χ1n) is 7.62. The number of anilines is 1. The van der Waals surface area contributed by atoms with E-state index in [4.69, 9.17) is 5.73 Å². The molecule has 0 aliphatic carbocycles. The van der Waals surface area contributed by atoms with E-state index in [1.165, 1.54) is 11.5 Å². The van der Waals surface area contributed by atoms with Crippen molar-refractivity contribution in [2.24, 2.45) is 11.7 Å². The largest absolute Gasteiger partial charge is 0.345 e. The molecule has 126 valence electrons. The van der Waals surface area contributed by atoms with Crippen molar-refractivity contribution in [3.63, 3.8) is 0 Å². The van der Waals surface area contributed by atoms with Gasteiger partial charge in [0.25, 0.3) is 0 Å². The fraction of sp³-hybridized carbons (Fsp3) is 0.786. The average Bonchev–Trinajstić information content (AvgIpc) is 2.77. The number of rotatable bonds is 4. The number of carbonyl (C=O) groups is 1. The van der Waals surface area contributed by atoms with Crippen LogP contribution in [0.1, 0.15) is 32.5 Å². The van der Waals surface area contributed by atoms with Crippen LogP contribution in [0.2, 0.25) is 0 Å². The number of aromatic nitrogens is 2. The molecule has 1 aromatic heterocycles. The van der Waals surface area contributed by atoms with E-state index in [2.05, 4.69) is 21.2 Å². The lowest BCUT2D eigenvalue weighted by Gasteiger charge is -2.27. The van der Waals surface area contributed by atoms with E-state index >= 15 is 0 Å². The van der Waals surface area contributed by atoms with Crippen LogP contribution in [0, 0.1) is 12.8 Å². The minimum atomic E-state index is -0.384. The summed E-state index contributed by atoms with van der Waals surface area (Å²) in [6.45, 7) is 9.21. The van der Waals surface area contributed by atoms with Crippen molar-refractivity contribution >= 4 is 35.0 Å². The van der Waals surface area contributed by atoms with Crippen LogP contribution in [0.4, 0.5) is 5.13 Å². The molecule has 1 aromatic rings. The summed E-state index contributed by atoms with van der Waals surface area (Å²) in [6.07, 6.45) is 1.87. The molecule has 1 aliphatic heterocycles. The van der Waals surface area contributed by atoms with Crippen LogP contribution < -0.4 is 10.6 Å². The lowest BCUT2D eigenvalue weighted by atomic mass is 9.99. The van der Waals surface area contributed by atoms with Crippen molar-refractivity contribution in [3.8, 4) is 0 Å². The molecular weight excluding hydrogens is 322 g/mol. The van der Waals surface area contributed by atoms with Crippen LogP contribution in [0.3, 0.4) is 0 Å². The number of carbonyl (C=O) groups excluding carboxylic acids is 1. The average molecular weight is 348 g/mol. The third-order valence-corrected chi connectivity index (χ3v) is 5.01. The molecule has 2 rings (SSSR count). The van der Waals surface area contributed by atoms with Crippen LogP contribution in [0.5, 0.6) is 0 Å². The Morgan fingerprint density at radius 1 is 1.36 bits per heavy atom. The molecule has 2 heterocycles. The van der Waals surface area contributed by atoms with Gasteiger partial charge in [0, 0.05) is 37.7 Å². The summed E-state index contributed by atoms with van der Waals surface area (Å²) in [4.78, 5) is 21.0. The lowest BCUT2D eigenvalue weighted by Crippen LogP contribution is -2.48. The molecular formula is C14H26ClN5OS. The Kier molecular flexibility index (Phi) is 7.52. The second kappa shape index (κ2) is 8.64. The predicted molar refractivity (Wildman–Crippen MR) is 92.7 cm³/mol. The van der Waals surface area contributed by atoms with Gasteiger partial charge in [-0.25, -0.2) is 4.98 Å². The second-order valence-electron chi connectivity index (χ2n) is 5.70. The van der Waals surface area contributed by atoms with Crippen molar-refractivity contribution < 1.29 is 4.79 Å². The fourth-order valence-corrected chi connectivity index (χ4v) is 3.18. The summed E-state index contributed by atoms with van der Waals surface area (Å²) >= 11 is 1.43. The van der Waals surface area contributed by atoms with Gasteiger partial charge in [-0.2, -0.15) is 4.37 Å². The molecule has 0 saturated carbocycles. The van der Waals surface area contributed by atoms with Crippen molar-refractivity contribution in [1.29, 1.82) is 0 Å². The predicted octanol–water partition coefficient (Wildman–Crippen LogP) is 1.68. The van der Waals surface area contributed by atoms with E-state index in [1.54, 1.807) is 0 Å². The van der Waals surface area contributed by atoms with Crippen LogP contribution in [0.15, 0.2) is 0 Å². The third kappa shape index (κ3) is 4.54. The molecule has 2 unspecified atom stereocenters. The summed E-state index contributed by atoms with van der Waals surface area (Å²) in [7, 11) is 0. The summed E-state index contributed by atoms with van der Waals surface area (Å²) in [5, 5.41) is 0.952. The minimum absolute atomic E-state index is 0. The van der Waals surface area contributed by atoms with Crippen LogP contribution in [0.25, 0.3) is 0 Å². The summed E-state index contributed by atoms with van der Waals surface area (Å²) < 4.78 is 4.23. The van der Waals surface area contributed by atoms with E-state index < -0.39 is 0 Å². The first kappa shape index (κ1) is 19.1. The molecule has 1 aliphatic rings. The maximum atomic E-state index is 12.5. The fourth-order valence-electron chi connectivity index (χ4n) is 2.45. The summed E-state index contributed by atoms with van der Waals surface area (Å²) in [6, 6.07) is -0.384. The zero-order valence-electron chi connectivity index (χ0n) is 13.5. The maximum Gasteiger partial charge on any atom is 0.239 e. The number of amides is 1. The Hall–Kier alpha value is -0.920. The van der Waals surface area contributed by atoms with Gasteiger partial charge in [0.2, 0.25) is 11.0 Å². The number of hydrogen-bond acceptors (Lipinski definition) is 6. The molecule has 0 spiro atoms. The SMILES string of the molecule is CCC(C)C(N)C(=O)N1CCCN(c2nc(C)ns2)CC1.Cl. The molecule has 1 fully saturated rings. The van der Waals surface area contributed by atoms with Crippen molar-refractivity contribution in [2.75, 3.05) is 31.1 Å². The van der Waals surface area contributed by atoms with Crippen molar-refractivity contribution in [1.82, 2.24) is 14.3 Å². The highest BCUT2D eigenvalue weighted by atomic mass is 35.5. The molecule has 8 heteroatoms. The van der Waals surface area contributed by atoms with Gasteiger partial charge in [0.15, 0.2) is 0 Å². The number of halogens is 1. The highest BCUT2D eigenvalue weighted by Gasteiger charge is 2.27. The Balaban J connectivity index is 0.00000242. The van der Waals surface area contributed by atoms with Crippen molar-refractivity contribution in [3.05, 3.63) is 5.82 Å². The van der Waals surface area contributed by atoms with Gasteiger partial charge in [-0.1, -0.05) is 20.3 Å². The van der Waals surface area contributed by atoms with Gasteiger partial charge in [-0.15, -0.1) is 12.4 Å². The molecule has 2 atom stereocenters. The van der Waals surface area contributed by atoms with Crippen molar-refractivity contribution in [2.45, 2.75) is 39.7 Å². The van der Waals surface area contributed by atoms with Gasteiger partial charge >= 0.3 is 0 Å². The van der Waals surface area contributed by atoms with Gasteiger partial charge in [-0.3, -0.25) is 4.79 Å². The monoisotopic (exact) mass is 347 g/mol. The Bertz CT molecular complexity index is 484. The highest BCUT2D eigenvalue weighted by molar-refractivity contribution is 7.09. The molecule has 1 amide bonds. The maximum absolute atomic E-state index is 12.5. The zero-order chi connectivity index (χ0) is 15.4. The zero-order valence-corrected chi connectivity index (χ0v) is 15.1. The van der Waals surface area contributed by atoms with E-state index in [9.17, 15) is 4.79 Å². The van der Waals surface area contributed by atoms with Gasteiger partial charge in [-0.05, 0) is 19.3 Å². The number of nitrogens with two attached hydrogens (primary N) is 1. The standard InChI is InChI=1S/C14H25N5OS.ClH/c1-4-10(2)12(15)13(20)18-6-5-7-19(9-8-18)14-16-11(3)17-21-14;/h10,12H,4-9,15H2,1-3H3;1H. The summed E-state index contributed by atoms with van der Waals surface area (Å²) in [5.41, 5.74) is 6.08. The molecule has 0 aromatic carbocycles. The number of aryl methyl sites for hydroxylation is 1. The van der Waals surface area contributed by atoms with Gasteiger partial charge in [0.05, 0.1) is 6.04 Å². The van der Waals surface area contributed by atoms with E-state index in [0.717, 1.165) is 43.4 Å². The lowest BCUT2D eigenvalue weighted by molar-refractivity contribution is -0.133. The second-order valence-corrected chi connectivity index (χ2v) is 6.43. The smallest absolute Gasteiger partial charge is 0.239 e. The molecule has 2 N–H and O–H groups in total. The topological polar surface area (TPSA) is 75.4 Å². The van der Waals surface area contributed by atoms with E-state index in [1.807, 2.05) is 18.7 Å². The molecule has 22 heavy (non-hydrogen) atoms. The van der Waals surface area contributed by atoms with Crippen LogP contribution in [-0.4, -0.2) is 52.4 Å². The first-order chi connectivity index (χ1) is 10.0. The normalized spacial score (nSPS) is 18.4. The third-order valence-electron chi connectivity index (χ3n) is 4.14. The van der Waals surface area contributed by atoms with E-state index in [0.29, 0.717) is 6.54 Å². The number of nitrogens with zero attached hydrogens (tertiary/aromatic N) is 4. The van der Waals surface area contributed by atoms with Crippen LogP contribution in [-0.2, 0) is 4.79 Å². The quantitative estimate of drug-likeness (QED) is 0.896. The van der Waals surface area contributed by atoms with Crippen LogP contribution >= 0.6 is 23.9 Å². The molecule has 0 radical (unpaired) electrons. The number of hydrogen-bond donors (Lipinski definition) is 1. The highest BCUT2D eigenvalue weighted by Crippen LogP contribution is 2.19. The molecule has 6 nitrogen and oxygen atoms in total. The molecule has 1 saturated heterocycles. The molecule has 0 bridgehead atoms. The Morgan fingerprint density at radius 3 is 2.68 bits per heavy atom. The van der Waals surface area contributed by atoms with Gasteiger partial charge in [0.1, 0.15) is 5.82 Å². The Morgan fingerprint density at radius 2 is 2.09 bits per heavy atom. The first-order valence-corrected chi connectivity index (χ1v) is 8.40.